The second-order valence-corrected chi connectivity index (χ2v) is 1.71. The van der Waals surface area contributed by atoms with Crippen molar-refractivity contribution in [1.82, 2.24) is 4.98 Å². The molecule has 1 heterocycles. The van der Waals surface area contributed by atoms with Gasteiger partial charge in [-0.2, -0.15) is 0 Å². The monoisotopic (exact) mass is 350 g/mol. The van der Waals surface area contributed by atoms with Crippen LogP contribution in [0.1, 0.15) is 10.5 Å². The molecule has 12 heteroatoms. The minimum Gasteiger partial charge on any atom is -0.219 e. The number of hydrogen-bond acceptors (Lipinski definition) is 7. The first-order valence-electron chi connectivity index (χ1n) is 3.13. The normalized spacial score (nSPS) is 5.94. The second-order valence-electron chi connectivity index (χ2n) is 1.71. The fraction of sp³-hybridized carbons (Fsp3) is 0. The Morgan fingerprint density at radius 3 is 1.78 bits per heavy atom. The van der Waals surface area contributed by atoms with Crippen molar-refractivity contribution in [2.45, 2.75) is 0 Å². The van der Waals surface area contributed by atoms with Gasteiger partial charge in [-0.1, -0.05) is 0 Å². The van der Waals surface area contributed by atoms with E-state index < -0.39 is 5.97 Å². The third-order valence-electron chi connectivity index (χ3n) is 0.967. The van der Waals surface area contributed by atoms with Gasteiger partial charge in [0.05, 0.1) is 6.20 Å². The van der Waals surface area contributed by atoms with Crippen LogP contribution in [0.4, 0.5) is 0 Å². The molecule has 0 saturated carbocycles. The average Bonchev–Trinajstić information content (AvgIpc) is 2.37. The summed E-state index contributed by atoms with van der Waals surface area (Å²) >= 11 is 1.06. The molecule has 0 aromatic carbocycles. The number of aromatic carboxylic acids is 1. The number of aromatic hydroxyl groups is 1. The Labute approximate surface area is 196 Å². The summed E-state index contributed by atoms with van der Waals surface area (Å²) in [6.45, 7) is 0. The molecule has 0 spiro atoms. The van der Waals surface area contributed by atoms with E-state index in [0.717, 1.165) is 23.6 Å². The van der Waals surface area contributed by atoms with E-state index in [4.69, 9.17) is 34.9 Å². The number of carboxylic acid groups (broad SMARTS) is 1. The fourth-order valence-corrected chi connectivity index (χ4v) is 0.513. The van der Waals surface area contributed by atoms with Crippen LogP contribution < -0.4 is 108 Å². The predicted octanol–water partition coefficient (Wildman–Crippen LogP) is -6.92. The SMILES string of the molecule is O=C(O)c1ccc(O)cn1.[K+].[K+].[O-]O.[O]=[V].[O]O. The number of carboxylic acids is 1. The third-order valence-corrected chi connectivity index (χ3v) is 0.967. The average molecular weight is 350 g/mol. The largest absolute Gasteiger partial charge is 0.219 e. The smallest absolute Gasteiger partial charge is 0.0395 e. The van der Waals surface area contributed by atoms with Crippen LogP contribution in [0.2, 0.25) is 0 Å². The van der Waals surface area contributed by atoms with E-state index in [1.54, 1.807) is 0 Å². The van der Waals surface area contributed by atoms with Crippen molar-refractivity contribution in [3.63, 3.8) is 0 Å². The van der Waals surface area contributed by atoms with Gasteiger partial charge in [0.15, 0.2) is 0 Å². The first-order valence-corrected chi connectivity index (χ1v) is 3.70. The van der Waals surface area contributed by atoms with E-state index >= 15 is 0 Å². The molecule has 0 atom stereocenters. The summed E-state index contributed by atoms with van der Waals surface area (Å²) in [6, 6.07) is 2.51. The van der Waals surface area contributed by atoms with Crippen molar-refractivity contribution in [3.05, 3.63) is 24.0 Å². The van der Waals surface area contributed by atoms with Crippen molar-refractivity contribution in [2.75, 3.05) is 0 Å². The first kappa shape index (κ1) is 32.0. The van der Waals surface area contributed by atoms with Crippen LogP contribution in [0, 0.1) is 0 Å². The van der Waals surface area contributed by atoms with Gasteiger partial charge in [-0.15, -0.1) is 0 Å². The molecule has 0 amide bonds. The Balaban J connectivity index is -0.0000000623. The molecule has 0 aliphatic heterocycles. The van der Waals surface area contributed by atoms with E-state index in [2.05, 4.69) is 4.98 Å². The maximum atomic E-state index is 10.2. The number of carbonyl (C=O) groups is 1. The molecule has 90 valence electrons. The maximum absolute atomic E-state index is 10.2. The zero-order valence-electron chi connectivity index (χ0n) is 9.55. The molecule has 9 nitrogen and oxygen atoms in total. The van der Waals surface area contributed by atoms with Gasteiger partial charge in [0.25, 0.3) is 0 Å². The second kappa shape index (κ2) is 27.3. The number of rotatable bonds is 1. The van der Waals surface area contributed by atoms with Crippen LogP contribution in [0.5, 0.6) is 5.75 Å². The standard InChI is InChI=1S/C6H5NO3.2K.H2O2.HO2.O.V/c8-4-1-2-5(6(9)10)7-3-4;;;2*1-2;;/h1-3,8H,(H,9,10);;;1-2H;1H;;/q;2*+1;;;;/p-1. The van der Waals surface area contributed by atoms with Crippen molar-refractivity contribution in [1.29, 1.82) is 0 Å². The Hall–Kier alpha value is 1.92. The van der Waals surface area contributed by atoms with Crippen LogP contribution in [0.25, 0.3) is 0 Å². The molecular formula is C6H7K2NO8V+. The Morgan fingerprint density at radius 2 is 1.56 bits per heavy atom. The molecule has 0 unspecified atom stereocenters. The van der Waals surface area contributed by atoms with E-state index in [0.29, 0.717) is 0 Å². The number of pyridine rings is 1. The molecule has 4 N–H and O–H groups in total. The van der Waals surface area contributed by atoms with Gasteiger partial charge >= 0.3 is 130 Å². The molecule has 1 radical (unpaired) electrons. The zero-order valence-corrected chi connectivity index (χ0v) is 17.2. The number of nitrogens with zero attached hydrogens (tertiary/aromatic N) is 1. The van der Waals surface area contributed by atoms with Gasteiger partial charge in [-0.25, -0.2) is 15.0 Å². The first-order chi connectivity index (χ1) is 7.70. The van der Waals surface area contributed by atoms with Crippen LogP contribution in [0.3, 0.4) is 0 Å². The minimum absolute atomic E-state index is 0. The van der Waals surface area contributed by atoms with Crippen LogP contribution in [-0.4, -0.2) is 31.7 Å². The zero-order chi connectivity index (χ0) is 13.6. The third kappa shape index (κ3) is 20.2. The van der Waals surface area contributed by atoms with Gasteiger partial charge in [-0.05, 0) is 17.4 Å². The fourth-order valence-electron chi connectivity index (χ4n) is 0.513. The molecule has 1 rings (SSSR count). The quantitative estimate of drug-likeness (QED) is 0.220. The van der Waals surface area contributed by atoms with Gasteiger partial charge in [-0.3, -0.25) is 0 Å². The summed E-state index contributed by atoms with van der Waals surface area (Å²) in [4.78, 5) is 13.6. The molecular weight excluding hydrogens is 343 g/mol. The Bertz CT molecular complexity index is 275. The van der Waals surface area contributed by atoms with Gasteiger partial charge in [0.2, 0.25) is 0 Å². The summed E-state index contributed by atoms with van der Waals surface area (Å²) in [7, 11) is 0. The summed E-state index contributed by atoms with van der Waals surface area (Å²) in [5, 5.41) is 43.0. The molecule has 18 heavy (non-hydrogen) atoms. The summed E-state index contributed by atoms with van der Waals surface area (Å²) in [5.74, 6) is -1.13. The summed E-state index contributed by atoms with van der Waals surface area (Å²) in [5.41, 5.74) is -0.0715. The maximum Gasteiger partial charge on any atom is -0.0395 e. The molecule has 0 saturated heterocycles. The molecule has 0 bridgehead atoms. The predicted molar refractivity (Wildman–Crippen MR) is 39.5 cm³/mol. The topological polar surface area (TPSA) is 171 Å². The van der Waals surface area contributed by atoms with Crippen LogP contribution >= 0.6 is 0 Å². The van der Waals surface area contributed by atoms with Crippen LogP contribution in [0.15, 0.2) is 18.3 Å². The Morgan fingerprint density at radius 1 is 1.17 bits per heavy atom. The van der Waals surface area contributed by atoms with Crippen molar-refractivity contribution in [3.8, 4) is 5.75 Å². The number of aromatic nitrogens is 1. The molecule has 0 aliphatic rings. The minimum atomic E-state index is -1.10. The molecule has 0 aliphatic carbocycles. The van der Waals surface area contributed by atoms with Crippen molar-refractivity contribution in [2.24, 2.45) is 0 Å². The van der Waals surface area contributed by atoms with Crippen LogP contribution in [-0.2, 0) is 26.3 Å². The van der Waals surface area contributed by atoms with Gasteiger partial charge < -0.3 is 20.7 Å². The van der Waals surface area contributed by atoms with E-state index in [-0.39, 0.29) is 114 Å². The Kier molecular flexibility index (Phi) is 48.6. The van der Waals surface area contributed by atoms with Gasteiger partial charge in [0, 0.05) is 0 Å². The number of hydrogen-bond donors (Lipinski definition) is 4. The summed E-state index contributed by atoms with van der Waals surface area (Å²) < 4.78 is 8.19. The van der Waals surface area contributed by atoms with Gasteiger partial charge in [0.1, 0.15) is 11.4 Å². The molecule has 1 aromatic heterocycles. The van der Waals surface area contributed by atoms with E-state index in [1.807, 2.05) is 0 Å². The van der Waals surface area contributed by atoms with Crippen molar-refractivity contribution < 1.29 is 160 Å². The van der Waals surface area contributed by atoms with E-state index in [1.165, 1.54) is 12.1 Å². The van der Waals surface area contributed by atoms with E-state index in [9.17, 15) is 4.79 Å². The summed E-state index contributed by atoms with van der Waals surface area (Å²) in [6.07, 6.45) is 1.09. The molecule has 0 fully saturated rings. The van der Waals surface area contributed by atoms with Crippen molar-refractivity contribution >= 4 is 5.97 Å². The molecule has 1 aromatic rings.